The summed E-state index contributed by atoms with van der Waals surface area (Å²) in [5, 5.41) is 10.3. The summed E-state index contributed by atoms with van der Waals surface area (Å²) >= 11 is 11.4. The molecule has 1 saturated carbocycles. The monoisotopic (exact) mass is 282 g/mol. The smallest absolute Gasteiger partial charge is 0.178 e. The van der Waals surface area contributed by atoms with E-state index in [0.29, 0.717) is 11.1 Å². The fourth-order valence-electron chi connectivity index (χ4n) is 2.78. The van der Waals surface area contributed by atoms with Crippen molar-refractivity contribution in [2.24, 2.45) is 0 Å². The summed E-state index contributed by atoms with van der Waals surface area (Å²) in [5.74, 6) is 0. The molecule has 0 aliphatic heterocycles. The first-order valence-corrected chi connectivity index (χ1v) is 7.01. The zero-order valence-corrected chi connectivity index (χ0v) is 11.5. The highest BCUT2D eigenvalue weighted by atomic mass is 35.5. The molecular weight excluding hydrogens is 268 g/mol. The van der Waals surface area contributed by atoms with Crippen LogP contribution in [0.15, 0.2) is 18.2 Å². The van der Waals surface area contributed by atoms with E-state index >= 15 is 0 Å². The maximum Gasteiger partial charge on any atom is 0.178 e. The number of nitrogens with zero attached hydrogens (tertiary/aromatic N) is 1. The summed E-state index contributed by atoms with van der Waals surface area (Å²) in [4.78, 5) is 3.21. The van der Waals surface area contributed by atoms with Gasteiger partial charge in [-0.3, -0.25) is 0 Å². The number of aliphatic hydroxyl groups excluding tert-OH is 1. The van der Waals surface area contributed by atoms with Crippen molar-refractivity contribution in [3.8, 4) is 0 Å². The molecule has 1 heterocycles. The second kappa shape index (κ2) is 4.68. The second-order valence-electron chi connectivity index (χ2n) is 4.92. The van der Waals surface area contributed by atoms with Crippen molar-refractivity contribution in [3.63, 3.8) is 0 Å². The van der Waals surface area contributed by atoms with Gasteiger partial charge in [-0.25, -0.2) is 0 Å². The zero-order valence-electron chi connectivity index (χ0n) is 9.90. The predicted molar refractivity (Wildman–Crippen MR) is 75.6 cm³/mol. The minimum absolute atomic E-state index is 0.143. The van der Waals surface area contributed by atoms with Crippen molar-refractivity contribution >= 4 is 34.9 Å². The normalized spacial score (nSPS) is 24.6. The van der Waals surface area contributed by atoms with E-state index in [9.17, 15) is 5.11 Å². The van der Waals surface area contributed by atoms with Crippen molar-refractivity contribution in [1.82, 2.24) is 9.55 Å². The number of aromatic amines is 1. The molecule has 1 aromatic heterocycles. The maximum atomic E-state index is 9.58. The molecule has 2 N–H and O–H groups in total. The van der Waals surface area contributed by atoms with Gasteiger partial charge in [0.05, 0.1) is 17.1 Å². The lowest BCUT2D eigenvalue weighted by atomic mass is 9.93. The van der Waals surface area contributed by atoms with E-state index in [1.807, 2.05) is 18.2 Å². The van der Waals surface area contributed by atoms with E-state index in [-0.39, 0.29) is 6.10 Å². The predicted octanol–water partition coefficient (Wildman–Crippen LogP) is 3.83. The number of benzene rings is 1. The van der Waals surface area contributed by atoms with Gasteiger partial charge in [-0.15, -0.1) is 0 Å². The van der Waals surface area contributed by atoms with Gasteiger partial charge in [-0.1, -0.05) is 11.6 Å². The molecule has 0 spiro atoms. The number of aliphatic hydroxyl groups is 1. The number of H-pyrrole nitrogens is 1. The highest BCUT2D eigenvalue weighted by molar-refractivity contribution is 7.71. The van der Waals surface area contributed by atoms with E-state index in [1.165, 1.54) is 0 Å². The molecule has 96 valence electrons. The highest BCUT2D eigenvalue weighted by Crippen LogP contribution is 2.32. The topological polar surface area (TPSA) is 41.0 Å². The van der Waals surface area contributed by atoms with Crippen LogP contribution in [0.5, 0.6) is 0 Å². The van der Waals surface area contributed by atoms with Crippen LogP contribution < -0.4 is 0 Å². The second-order valence-corrected chi connectivity index (χ2v) is 5.75. The number of fused-ring (bicyclic) bond motifs is 1. The molecule has 5 heteroatoms. The van der Waals surface area contributed by atoms with Crippen molar-refractivity contribution in [1.29, 1.82) is 0 Å². The molecule has 1 aromatic carbocycles. The van der Waals surface area contributed by atoms with Crippen LogP contribution in [-0.2, 0) is 0 Å². The van der Waals surface area contributed by atoms with E-state index in [2.05, 4.69) is 9.55 Å². The van der Waals surface area contributed by atoms with Gasteiger partial charge in [-0.2, -0.15) is 0 Å². The van der Waals surface area contributed by atoms with Gasteiger partial charge in [0.1, 0.15) is 0 Å². The molecule has 2 aromatic rings. The molecule has 0 bridgehead atoms. The molecule has 1 fully saturated rings. The van der Waals surface area contributed by atoms with Crippen LogP contribution >= 0.6 is 23.8 Å². The third-order valence-corrected chi connectivity index (χ3v) is 4.24. The molecule has 0 radical (unpaired) electrons. The number of halogens is 1. The first kappa shape index (κ1) is 12.2. The quantitative estimate of drug-likeness (QED) is 0.781. The Balaban J connectivity index is 2.06. The van der Waals surface area contributed by atoms with Crippen LogP contribution in [0, 0.1) is 4.77 Å². The number of aromatic nitrogens is 2. The first-order chi connectivity index (χ1) is 8.65. The Kier molecular flexibility index (Phi) is 3.18. The van der Waals surface area contributed by atoms with Gasteiger partial charge >= 0.3 is 0 Å². The summed E-state index contributed by atoms with van der Waals surface area (Å²) in [6.45, 7) is 0. The zero-order chi connectivity index (χ0) is 12.7. The van der Waals surface area contributed by atoms with Gasteiger partial charge in [0.25, 0.3) is 0 Å². The van der Waals surface area contributed by atoms with Gasteiger partial charge in [0.15, 0.2) is 4.77 Å². The van der Waals surface area contributed by atoms with Gasteiger partial charge < -0.3 is 14.7 Å². The average Bonchev–Trinajstić information content (AvgIpc) is 2.65. The third kappa shape index (κ3) is 2.09. The molecule has 3 rings (SSSR count). The Hall–Kier alpha value is -0.840. The number of hydrogen-bond acceptors (Lipinski definition) is 2. The fourth-order valence-corrected chi connectivity index (χ4v) is 3.31. The number of nitrogens with one attached hydrogen (secondary N) is 1. The molecule has 1 aliphatic rings. The Labute approximate surface area is 115 Å². The van der Waals surface area contributed by atoms with Gasteiger partial charge in [0.2, 0.25) is 0 Å². The minimum Gasteiger partial charge on any atom is -0.393 e. The lowest BCUT2D eigenvalue weighted by Gasteiger charge is -2.26. The maximum absolute atomic E-state index is 9.58. The molecule has 0 unspecified atom stereocenters. The van der Waals surface area contributed by atoms with E-state index < -0.39 is 0 Å². The summed E-state index contributed by atoms with van der Waals surface area (Å²) in [6.07, 6.45) is 3.52. The summed E-state index contributed by atoms with van der Waals surface area (Å²) in [5.41, 5.74) is 2.09. The van der Waals surface area contributed by atoms with Crippen molar-refractivity contribution in [2.75, 3.05) is 0 Å². The largest absolute Gasteiger partial charge is 0.393 e. The first-order valence-electron chi connectivity index (χ1n) is 6.23. The Morgan fingerprint density at radius 3 is 2.72 bits per heavy atom. The highest BCUT2D eigenvalue weighted by Gasteiger charge is 2.22. The fraction of sp³-hybridized carbons (Fsp3) is 0.462. The van der Waals surface area contributed by atoms with Crippen LogP contribution in [0.1, 0.15) is 31.7 Å². The third-order valence-electron chi connectivity index (χ3n) is 3.71. The summed E-state index contributed by atoms with van der Waals surface area (Å²) < 4.78 is 2.92. The molecule has 0 amide bonds. The van der Waals surface area contributed by atoms with Crippen molar-refractivity contribution in [2.45, 2.75) is 37.8 Å². The van der Waals surface area contributed by atoms with E-state index in [4.69, 9.17) is 23.8 Å². The van der Waals surface area contributed by atoms with Crippen LogP contribution in [0.4, 0.5) is 0 Å². The molecular formula is C13H15ClN2OS. The van der Waals surface area contributed by atoms with E-state index in [1.54, 1.807) is 0 Å². The Morgan fingerprint density at radius 2 is 2.00 bits per heavy atom. The van der Waals surface area contributed by atoms with Crippen LogP contribution in [-0.4, -0.2) is 20.8 Å². The Bertz CT molecular complexity index is 625. The molecule has 0 atom stereocenters. The van der Waals surface area contributed by atoms with E-state index in [0.717, 1.165) is 41.5 Å². The number of rotatable bonds is 1. The number of hydrogen-bond donors (Lipinski definition) is 2. The standard InChI is InChI=1S/C13H15ClN2OS/c14-8-1-6-12-11(7-8)15-13(18)16(12)9-2-4-10(17)5-3-9/h1,6-7,9-10,17H,2-5H2,(H,15,18). The average molecular weight is 283 g/mol. The molecule has 0 saturated heterocycles. The van der Waals surface area contributed by atoms with Crippen molar-refractivity contribution in [3.05, 3.63) is 28.0 Å². The van der Waals surface area contributed by atoms with Crippen LogP contribution in [0.2, 0.25) is 5.02 Å². The molecule has 3 nitrogen and oxygen atoms in total. The SMILES string of the molecule is OC1CCC(n2c(=S)[nH]c3cc(Cl)ccc32)CC1. The molecule has 1 aliphatic carbocycles. The summed E-state index contributed by atoms with van der Waals surface area (Å²) in [6, 6.07) is 6.19. The lowest BCUT2D eigenvalue weighted by molar-refractivity contribution is 0.111. The summed E-state index contributed by atoms with van der Waals surface area (Å²) in [7, 11) is 0. The number of imidazole rings is 1. The van der Waals surface area contributed by atoms with Gasteiger partial charge in [-0.05, 0) is 56.1 Å². The van der Waals surface area contributed by atoms with Crippen LogP contribution in [0.3, 0.4) is 0 Å². The van der Waals surface area contributed by atoms with Crippen molar-refractivity contribution < 1.29 is 5.11 Å². The minimum atomic E-state index is -0.143. The molecule has 18 heavy (non-hydrogen) atoms. The Morgan fingerprint density at radius 1 is 1.28 bits per heavy atom. The van der Waals surface area contributed by atoms with Gasteiger partial charge in [0, 0.05) is 11.1 Å². The van der Waals surface area contributed by atoms with Crippen LogP contribution in [0.25, 0.3) is 11.0 Å². The lowest BCUT2D eigenvalue weighted by Crippen LogP contribution is -2.21.